The molecule has 0 aromatic heterocycles. The quantitative estimate of drug-likeness (QED) is 0.787. The van der Waals surface area contributed by atoms with Crippen LogP contribution in [0.5, 0.6) is 11.5 Å². The van der Waals surface area contributed by atoms with Gasteiger partial charge in [-0.15, -0.1) is 0 Å². The first-order valence-corrected chi connectivity index (χ1v) is 9.56. The van der Waals surface area contributed by atoms with E-state index in [1.165, 1.54) is 37.9 Å². The second-order valence-corrected chi connectivity index (χ2v) is 7.36. The second-order valence-electron chi connectivity index (χ2n) is 7.36. The number of likely N-dealkylation sites (tertiary alicyclic amines) is 1. The van der Waals surface area contributed by atoms with Crippen LogP contribution in [-0.2, 0) is 6.54 Å². The summed E-state index contributed by atoms with van der Waals surface area (Å²) in [6.45, 7) is 7.99. The minimum Gasteiger partial charge on any atom is -0.493 e. The Balaban J connectivity index is 1.51. The first-order chi connectivity index (χ1) is 12.2. The first kappa shape index (κ1) is 18.5. The molecule has 0 radical (unpaired) electrons. The summed E-state index contributed by atoms with van der Waals surface area (Å²) in [6.07, 6.45) is 4.12. The summed E-state index contributed by atoms with van der Waals surface area (Å²) in [5.74, 6) is 1.69. The predicted octanol–water partition coefficient (Wildman–Crippen LogP) is 2.31. The molecule has 2 aliphatic heterocycles. The molecular weight excluding hydrogens is 314 g/mol. The van der Waals surface area contributed by atoms with E-state index in [4.69, 9.17) is 9.47 Å². The van der Waals surface area contributed by atoms with E-state index in [-0.39, 0.29) is 0 Å². The minimum absolute atomic E-state index is 0.749. The van der Waals surface area contributed by atoms with Crippen LogP contribution in [0.4, 0.5) is 0 Å². The lowest BCUT2D eigenvalue weighted by Crippen LogP contribution is -2.51. The van der Waals surface area contributed by atoms with Gasteiger partial charge < -0.3 is 14.4 Å². The molecule has 1 atom stereocenters. The lowest BCUT2D eigenvalue weighted by molar-refractivity contribution is 0.0814. The molecule has 0 saturated carbocycles. The van der Waals surface area contributed by atoms with Gasteiger partial charge in [0.1, 0.15) is 0 Å². The molecule has 1 aromatic carbocycles. The molecule has 140 valence electrons. The van der Waals surface area contributed by atoms with Crippen molar-refractivity contribution in [2.24, 2.45) is 0 Å². The van der Waals surface area contributed by atoms with Gasteiger partial charge in [-0.3, -0.25) is 9.80 Å². The SMILES string of the molecule is COc1cccc(CN2CCN(C[C@@H]3CCCCN3C)CC2)c1OC. The molecule has 0 spiro atoms. The van der Waals surface area contributed by atoms with E-state index < -0.39 is 0 Å². The van der Waals surface area contributed by atoms with Gasteiger partial charge in [0.2, 0.25) is 0 Å². The lowest BCUT2D eigenvalue weighted by atomic mass is 10.0. The van der Waals surface area contributed by atoms with Crippen molar-refractivity contribution in [1.82, 2.24) is 14.7 Å². The summed E-state index contributed by atoms with van der Waals surface area (Å²) in [6, 6.07) is 6.90. The largest absolute Gasteiger partial charge is 0.493 e. The molecule has 0 aliphatic carbocycles. The van der Waals surface area contributed by atoms with Crippen LogP contribution in [0.2, 0.25) is 0 Å². The summed E-state index contributed by atoms with van der Waals surface area (Å²) >= 11 is 0. The monoisotopic (exact) mass is 347 g/mol. The summed E-state index contributed by atoms with van der Waals surface area (Å²) < 4.78 is 11.0. The average Bonchev–Trinajstić information content (AvgIpc) is 2.65. The topological polar surface area (TPSA) is 28.2 Å². The molecule has 2 fully saturated rings. The maximum absolute atomic E-state index is 5.57. The van der Waals surface area contributed by atoms with Gasteiger partial charge in [-0.05, 0) is 32.5 Å². The zero-order valence-corrected chi connectivity index (χ0v) is 16.0. The molecular formula is C20H33N3O2. The van der Waals surface area contributed by atoms with Crippen LogP contribution >= 0.6 is 0 Å². The van der Waals surface area contributed by atoms with Crippen LogP contribution in [0.3, 0.4) is 0 Å². The van der Waals surface area contributed by atoms with E-state index in [2.05, 4.69) is 27.8 Å². The van der Waals surface area contributed by atoms with Gasteiger partial charge in [-0.2, -0.15) is 0 Å². The third kappa shape index (κ3) is 4.66. The number of para-hydroxylation sites is 1. The Bertz CT molecular complexity index is 544. The molecule has 25 heavy (non-hydrogen) atoms. The molecule has 0 amide bonds. The van der Waals surface area contributed by atoms with Crippen molar-refractivity contribution < 1.29 is 9.47 Å². The Hall–Kier alpha value is -1.30. The van der Waals surface area contributed by atoms with Crippen molar-refractivity contribution >= 4 is 0 Å². The van der Waals surface area contributed by atoms with E-state index in [0.29, 0.717) is 0 Å². The van der Waals surface area contributed by atoms with Gasteiger partial charge in [-0.1, -0.05) is 18.6 Å². The van der Waals surface area contributed by atoms with Gasteiger partial charge in [0.25, 0.3) is 0 Å². The fourth-order valence-electron chi connectivity index (χ4n) is 4.12. The van der Waals surface area contributed by atoms with E-state index in [1.54, 1.807) is 14.2 Å². The molecule has 3 rings (SSSR count). The van der Waals surface area contributed by atoms with E-state index in [9.17, 15) is 0 Å². The maximum atomic E-state index is 5.57. The van der Waals surface area contributed by atoms with Crippen molar-refractivity contribution in [3.63, 3.8) is 0 Å². The van der Waals surface area contributed by atoms with Crippen LogP contribution < -0.4 is 9.47 Å². The number of methoxy groups -OCH3 is 2. The molecule has 0 bridgehead atoms. The van der Waals surface area contributed by atoms with Crippen molar-refractivity contribution in [3.8, 4) is 11.5 Å². The third-order valence-electron chi connectivity index (χ3n) is 5.73. The van der Waals surface area contributed by atoms with Crippen LogP contribution in [0, 0.1) is 0 Å². The van der Waals surface area contributed by atoms with Crippen LogP contribution in [0.1, 0.15) is 24.8 Å². The fraction of sp³-hybridized carbons (Fsp3) is 0.700. The van der Waals surface area contributed by atoms with E-state index in [1.807, 2.05) is 12.1 Å². The van der Waals surface area contributed by atoms with E-state index in [0.717, 1.165) is 50.3 Å². The van der Waals surface area contributed by atoms with Gasteiger partial charge in [-0.25, -0.2) is 0 Å². The van der Waals surface area contributed by atoms with Crippen molar-refractivity contribution in [1.29, 1.82) is 0 Å². The highest BCUT2D eigenvalue weighted by Gasteiger charge is 2.24. The Morgan fingerprint density at radius 2 is 1.72 bits per heavy atom. The zero-order valence-electron chi connectivity index (χ0n) is 16.0. The first-order valence-electron chi connectivity index (χ1n) is 9.56. The highest BCUT2D eigenvalue weighted by molar-refractivity contribution is 5.46. The Labute approximate surface area is 152 Å². The van der Waals surface area contributed by atoms with Gasteiger partial charge in [0.05, 0.1) is 14.2 Å². The second kappa shape index (κ2) is 8.88. The van der Waals surface area contributed by atoms with Crippen molar-refractivity contribution in [2.75, 3.05) is 60.5 Å². The number of piperidine rings is 1. The predicted molar refractivity (Wildman–Crippen MR) is 102 cm³/mol. The smallest absolute Gasteiger partial charge is 0.165 e. The number of hydrogen-bond acceptors (Lipinski definition) is 5. The normalized spacial score (nSPS) is 23.6. The molecule has 0 N–H and O–H groups in total. The summed E-state index contributed by atoms with van der Waals surface area (Å²) in [5.41, 5.74) is 1.21. The van der Waals surface area contributed by atoms with Crippen LogP contribution in [0.25, 0.3) is 0 Å². The summed E-state index contributed by atoms with van der Waals surface area (Å²) in [5, 5.41) is 0. The summed E-state index contributed by atoms with van der Waals surface area (Å²) in [7, 11) is 5.71. The molecule has 0 unspecified atom stereocenters. The third-order valence-corrected chi connectivity index (χ3v) is 5.73. The van der Waals surface area contributed by atoms with Crippen molar-refractivity contribution in [2.45, 2.75) is 31.8 Å². The number of nitrogens with zero attached hydrogens (tertiary/aromatic N) is 3. The molecule has 5 heteroatoms. The van der Waals surface area contributed by atoms with Gasteiger partial charge in [0, 0.05) is 50.9 Å². The average molecular weight is 348 g/mol. The number of hydrogen-bond donors (Lipinski definition) is 0. The highest BCUT2D eigenvalue weighted by Crippen LogP contribution is 2.31. The number of piperazine rings is 1. The molecule has 2 aliphatic rings. The maximum Gasteiger partial charge on any atom is 0.165 e. The number of ether oxygens (including phenoxy) is 2. The fourth-order valence-corrected chi connectivity index (χ4v) is 4.12. The molecule has 1 aromatic rings. The molecule has 5 nitrogen and oxygen atoms in total. The van der Waals surface area contributed by atoms with E-state index >= 15 is 0 Å². The Morgan fingerprint density at radius 1 is 0.960 bits per heavy atom. The molecule has 2 heterocycles. The van der Waals surface area contributed by atoms with Gasteiger partial charge in [0.15, 0.2) is 11.5 Å². The van der Waals surface area contributed by atoms with Crippen molar-refractivity contribution in [3.05, 3.63) is 23.8 Å². The lowest BCUT2D eigenvalue weighted by Gasteiger charge is -2.40. The zero-order chi connectivity index (χ0) is 17.6. The number of likely N-dealkylation sites (N-methyl/N-ethyl adjacent to an activating group) is 1. The minimum atomic E-state index is 0.749. The van der Waals surface area contributed by atoms with Crippen LogP contribution in [-0.4, -0.2) is 81.3 Å². The molecule has 2 saturated heterocycles. The Kier molecular flexibility index (Phi) is 6.57. The number of rotatable bonds is 6. The number of benzene rings is 1. The van der Waals surface area contributed by atoms with Crippen LogP contribution in [0.15, 0.2) is 18.2 Å². The summed E-state index contributed by atoms with van der Waals surface area (Å²) in [4.78, 5) is 7.72. The standard InChI is InChI=1S/C20H33N3O2/c1-21-10-5-4-8-18(21)16-23-13-11-22(12-14-23)15-17-7-6-9-19(24-2)20(17)25-3/h6-7,9,18H,4-5,8,10-16H2,1-3H3/t18-/m0/s1. The highest BCUT2D eigenvalue weighted by atomic mass is 16.5. The Morgan fingerprint density at radius 3 is 2.40 bits per heavy atom. The van der Waals surface area contributed by atoms with Gasteiger partial charge >= 0.3 is 0 Å².